The van der Waals surface area contributed by atoms with Gasteiger partial charge in [0.25, 0.3) is 0 Å². The van der Waals surface area contributed by atoms with Gasteiger partial charge in [-0.3, -0.25) is 14.8 Å². The number of guanidine groups is 1. The Morgan fingerprint density at radius 2 is 1.67 bits per heavy atom. The van der Waals surface area contributed by atoms with Crippen LogP contribution in [0.2, 0.25) is 0 Å². The maximum Gasteiger partial charge on any atom is 0.191 e. The van der Waals surface area contributed by atoms with Gasteiger partial charge < -0.3 is 20.1 Å². The van der Waals surface area contributed by atoms with Gasteiger partial charge in [-0.15, -0.1) is 24.0 Å². The van der Waals surface area contributed by atoms with E-state index >= 15 is 0 Å². The number of nitrogens with zero attached hydrogens (tertiary/aromatic N) is 3. The van der Waals surface area contributed by atoms with E-state index in [4.69, 9.17) is 9.47 Å². The molecule has 0 amide bonds. The summed E-state index contributed by atoms with van der Waals surface area (Å²) in [4.78, 5) is 9.84. The number of rotatable bonds is 8. The van der Waals surface area contributed by atoms with E-state index in [2.05, 4.69) is 49.7 Å². The Labute approximate surface area is 216 Å². The molecule has 4 rings (SSSR count). The summed E-state index contributed by atoms with van der Waals surface area (Å²) in [5.41, 5.74) is 1.52. The number of ether oxygens (including phenoxy) is 2. The standard InChI is InChI=1S/C25H41N5O2.HI/c1-26-24(28-20-25(11-17-32-18-12-25)30-15-5-6-16-30)27-19-23(29-13-3-4-14-29)21-7-9-22(31-2)10-8-21;/h7-10,23H,3-6,11-20H2,1-2H3,(H2,26,27,28);1H. The lowest BCUT2D eigenvalue weighted by molar-refractivity contribution is -0.0164. The van der Waals surface area contributed by atoms with Crippen LogP contribution >= 0.6 is 24.0 Å². The number of likely N-dealkylation sites (tertiary alicyclic amines) is 2. The minimum absolute atomic E-state index is 0. The lowest BCUT2D eigenvalue weighted by Crippen LogP contribution is -2.58. The van der Waals surface area contributed by atoms with E-state index in [9.17, 15) is 0 Å². The van der Waals surface area contributed by atoms with Crippen molar-refractivity contribution in [2.24, 2.45) is 4.99 Å². The SMILES string of the molecule is CN=C(NCC(c1ccc(OC)cc1)N1CCCC1)NCC1(N2CCCC2)CCOCC1.I. The summed E-state index contributed by atoms with van der Waals surface area (Å²) in [5, 5.41) is 7.31. The van der Waals surface area contributed by atoms with Crippen molar-refractivity contribution in [2.75, 3.05) is 66.6 Å². The molecule has 0 aromatic heterocycles. The van der Waals surface area contributed by atoms with Crippen molar-refractivity contribution >= 4 is 29.9 Å². The Morgan fingerprint density at radius 1 is 1.03 bits per heavy atom. The molecule has 0 spiro atoms. The summed E-state index contributed by atoms with van der Waals surface area (Å²) in [5.74, 6) is 1.80. The number of halogens is 1. The summed E-state index contributed by atoms with van der Waals surface area (Å²) in [6, 6.07) is 8.86. The molecule has 1 aromatic rings. The molecule has 186 valence electrons. The molecule has 3 heterocycles. The van der Waals surface area contributed by atoms with Crippen molar-refractivity contribution in [1.29, 1.82) is 0 Å². The molecule has 3 fully saturated rings. The Balaban J connectivity index is 0.00000306. The van der Waals surface area contributed by atoms with Gasteiger partial charge in [0.05, 0.1) is 13.2 Å². The molecule has 1 atom stereocenters. The van der Waals surface area contributed by atoms with Crippen LogP contribution in [0.4, 0.5) is 0 Å². The van der Waals surface area contributed by atoms with Gasteiger partial charge in [-0.05, 0) is 82.4 Å². The monoisotopic (exact) mass is 571 g/mol. The van der Waals surface area contributed by atoms with E-state index in [0.717, 1.165) is 63.9 Å². The van der Waals surface area contributed by atoms with Gasteiger partial charge >= 0.3 is 0 Å². The lowest BCUT2D eigenvalue weighted by Gasteiger charge is -2.45. The Morgan fingerprint density at radius 3 is 2.27 bits per heavy atom. The number of benzene rings is 1. The van der Waals surface area contributed by atoms with Crippen molar-refractivity contribution in [3.8, 4) is 5.75 Å². The summed E-state index contributed by atoms with van der Waals surface area (Å²) in [6.45, 7) is 8.21. The van der Waals surface area contributed by atoms with Gasteiger partial charge in [0.15, 0.2) is 5.96 Å². The van der Waals surface area contributed by atoms with Gasteiger partial charge in [-0.2, -0.15) is 0 Å². The van der Waals surface area contributed by atoms with Crippen LogP contribution in [0, 0.1) is 0 Å². The topological polar surface area (TPSA) is 61.4 Å². The van der Waals surface area contributed by atoms with Crippen LogP contribution in [0.15, 0.2) is 29.3 Å². The van der Waals surface area contributed by atoms with Crippen molar-refractivity contribution in [3.63, 3.8) is 0 Å². The van der Waals surface area contributed by atoms with Gasteiger partial charge in [0.1, 0.15) is 5.75 Å². The maximum absolute atomic E-state index is 5.70. The number of hydrogen-bond acceptors (Lipinski definition) is 5. The van der Waals surface area contributed by atoms with Gasteiger partial charge in [-0.25, -0.2) is 0 Å². The minimum Gasteiger partial charge on any atom is -0.497 e. The highest BCUT2D eigenvalue weighted by molar-refractivity contribution is 14.0. The zero-order valence-corrected chi connectivity index (χ0v) is 22.7. The summed E-state index contributed by atoms with van der Waals surface area (Å²) >= 11 is 0. The molecule has 3 aliphatic rings. The molecule has 3 saturated heterocycles. The maximum atomic E-state index is 5.70. The van der Waals surface area contributed by atoms with Gasteiger partial charge in [0, 0.05) is 38.9 Å². The quantitative estimate of drug-likeness (QED) is 0.284. The van der Waals surface area contributed by atoms with Gasteiger partial charge in [0.2, 0.25) is 0 Å². The minimum atomic E-state index is 0. The summed E-state index contributed by atoms with van der Waals surface area (Å²) in [7, 11) is 3.59. The average molecular weight is 572 g/mol. The first-order chi connectivity index (χ1) is 15.7. The van der Waals surface area contributed by atoms with Crippen molar-refractivity contribution in [3.05, 3.63) is 29.8 Å². The molecular weight excluding hydrogens is 529 g/mol. The first-order valence-corrected chi connectivity index (χ1v) is 12.4. The fourth-order valence-corrected chi connectivity index (χ4v) is 5.55. The first kappa shape index (κ1) is 26.5. The van der Waals surface area contributed by atoms with Crippen LogP contribution in [-0.4, -0.2) is 87.9 Å². The van der Waals surface area contributed by atoms with E-state index in [1.54, 1.807) is 7.11 Å². The Bertz CT molecular complexity index is 727. The van der Waals surface area contributed by atoms with Crippen LogP contribution in [-0.2, 0) is 4.74 Å². The smallest absolute Gasteiger partial charge is 0.191 e. The highest BCUT2D eigenvalue weighted by Gasteiger charge is 2.39. The highest BCUT2D eigenvalue weighted by Crippen LogP contribution is 2.31. The number of methoxy groups -OCH3 is 1. The molecule has 0 saturated carbocycles. The highest BCUT2D eigenvalue weighted by atomic mass is 127. The van der Waals surface area contributed by atoms with E-state index in [-0.39, 0.29) is 29.5 Å². The van der Waals surface area contributed by atoms with Crippen molar-refractivity contribution < 1.29 is 9.47 Å². The molecule has 1 unspecified atom stereocenters. The van der Waals surface area contributed by atoms with Crippen LogP contribution < -0.4 is 15.4 Å². The third kappa shape index (κ3) is 6.74. The largest absolute Gasteiger partial charge is 0.497 e. The molecule has 0 bridgehead atoms. The third-order valence-electron chi connectivity index (χ3n) is 7.55. The normalized spacial score (nSPS) is 22.5. The second kappa shape index (κ2) is 13.1. The van der Waals surface area contributed by atoms with Crippen molar-refractivity contribution in [1.82, 2.24) is 20.4 Å². The number of nitrogens with one attached hydrogen (secondary N) is 2. The van der Waals surface area contributed by atoms with Crippen LogP contribution in [0.3, 0.4) is 0 Å². The van der Waals surface area contributed by atoms with Crippen LogP contribution in [0.5, 0.6) is 5.75 Å². The first-order valence-electron chi connectivity index (χ1n) is 12.4. The lowest BCUT2D eigenvalue weighted by atomic mass is 9.88. The fourth-order valence-electron chi connectivity index (χ4n) is 5.55. The van der Waals surface area contributed by atoms with Crippen LogP contribution in [0.1, 0.15) is 50.1 Å². The molecule has 1 aromatic carbocycles. The molecule has 2 N–H and O–H groups in total. The van der Waals surface area contributed by atoms with Crippen LogP contribution in [0.25, 0.3) is 0 Å². The average Bonchev–Trinajstić information content (AvgIpc) is 3.57. The molecule has 3 aliphatic heterocycles. The summed E-state index contributed by atoms with van der Waals surface area (Å²) in [6.07, 6.45) is 7.38. The fraction of sp³-hybridized carbons (Fsp3) is 0.720. The Kier molecular flexibility index (Phi) is 10.5. The zero-order chi connectivity index (χ0) is 22.2. The molecule has 0 aliphatic carbocycles. The second-order valence-corrected chi connectivity index (χ2v) is 9.37. The van der Waals surface area contributed by atoms with E-state index in [0.29, 0.717) is 6.04 Å². The predicted octanol–water partition coefficient (Wildman–Crippen LogP) is 3.26. The van der Waals surface area contributed by atoms with E-state index < -0.39 is 0 Å². The number of aliphatic imine (C=N–C) groups is 1. The molecule has 33 heavy (non-hydrogen) atoms. The van der Waals surface area contributed by atoms with Gasteiger partial charge in [-0.1, -0.05) is 12.1 Å². The third-order valence-corrected chi connectivity index (χ3v) is 7.55. The summed E-state index contributed by atoms with van der Waals surface area (Å²) < 4.78 is 11.1. The van der Waals surface area contributed by atoms with E-state index in [1.807, 2.05) is 7.05 Å². The zero-order valence-electron chi connectivity index (χ0n) is 20.4. The molecule has 7 nitrogen and oxygen atoms in total. The predicted molar refractivity (Wildman–Crippen MR) is 145 cm³/mol. The molecular formula is C25H42IN5O2. The van der Waals surface area contributed by atoms with Crippen molar-refractivity contribution in [2.45, 2.75) is 50.1 Å². The molecule has 8 heteroatoms. The number of hydrogen-bond donors (Lipinski definition) is 2. The Hall–Kier alpha value is -1.10. The van der Waals surface area contributed by atoms with E-state index in [1.165, 1.54) is 44.3 Å². The molecule has 0 radical (unpaired) electrons. The second-order valence-electron chi connectivity index (χ2n) is 9.37.